The van der Waals surface area contributed by atoms with Gasteiger partial charge in [-0.25, -0.2) is 4.99 Å². The lowest BCUT2D eigenvalue weighted by molar-refractivity contribution is 0.412. The van der Waals surface area contributed by atoms with Gasteiger partial charge in [0, 0.05) is 11.1 Å². The fraction of sp³-hybridized carbons (Fsp3) is 0.167. The minimum absolute atomic E-state index is 0.843. The predicted octanol–water partition coefficient (Wildman–Crippen LogP) is 4.40. The summed E-state index contributed by atoms with van der Waals surface area (Å²) in [6.07, 6.45) is 0. The first-order valence-corrected chi connectivity index (χ1v) is 7.99. The molecule has 0 spiro atoms. The molecule has 112 valence electrons. The summed E-state index contributed by atoms with van der Waals surface area (Å²) in [6.45, 7) is 4.16. The molecular formula is C18H18N2OS. The maximum absolute atomic E-state index is 5.50. The molecule has 0 atom stereocenters. The largest absolute Gasteiger partial charge is 0.495 e. The van der Waals surface area contributed by atoms with Gasteiger partial charge in [-0.15, -0.1) is 11.3 Å². The zero-order valence-corrected chi connectivity index (χ0v) is 13.7. The number of hydrogen-bond donors (Lipinski definition) is 0. The second kappa shape index (κ2) is 6.20. The predicted molar refractivity (Wildman–Crippen MR) is 91.3 cm³/mol. The number of hydrogen-bond acceptors (Lipinski definition) is 3. The number of thiazole rings is 1. The molecular weight excluding hydrogens is 292 g/mol. The van der Waals surface area contributed by atoms with Crippen molar-refractivity contribution >= 4 is 17.0 Å². The Labute approximate surface area is 134 Å². The fourth-order valence-corrected chi connectivity index (χ4v) is 3.25. The van der Waals surface area contributed by atoms with Gasteiger partial charge in [0.25, 0.3) is 0 Å². The van der Waals surface area contributed by atoms with Crippen LogP contribution in [0.1, 0.15) is 11.3 Å². The van der Waals surface area contributed by atoms with Crippen LogP contribution in [0, 0.1) is 13.8 Å². The molecule has 0 saturated carbocycles. The van der Waals surface area contributed by atoms with Gasteiger partial charge in [0.15, 0.2) is 4.80 Å². The van der Waals surface area contributed by atoms with Crippen LogP contribution in [-0.2, 0) is 0 Å². The summed E-state index contributed by atoms with van der Waals surface area (Å²) in [7, 11) is 1.69. The van der Waals surface area contributed by atoms with Crippen molar-refractivity contribution in [2.75, 3.05) is 7.11 Å². The lowest BCUT2D eigenvalue weighted by atomic mass is 10.2. The molecule has 0 aliphatic rings. The molecule has 3 aromatic rings. The maximum Gasteiger partial charge on any atom is 0.194 e. The Morgan fingerprint density at radius 3 is 2.50 bits per heavy atom. The van der Waals surface area contributed by atoms with Gasteiger partial charge in [0.2, 0.25) is 0 Å². The topological polar surface area (TPSA) is 26.5 Å². The third-order valence-corrected chi connectivity index (χ3v) is 4.48. The number of ether oxygens (including phenoxy) is 1. The quantitative estimate of drug-likeness (QED) is 0.704. The van der Waals surface area contributed by atoms with Crippen LogP contribution < -0.4 is 9.54 Å². The molecule has 2 aromatic carbocycles. The van der Waals surface area contributed by atoms with E-state index in [9.17, 15) is 0 Å². The second-order valence-corrected chi connectivity index (χ2v) is 5.90. The Hall–Kier alpha value is -2.33. The van der Waals surface area contributed by atoms with Crippen LogP contribution >= 0.6 is 11.3 Å². The first-order valence-electron chi connectivity index (χ1n) is 7.11. The Morgan fingerprint density at radius 1 is 1.00 bits per heavy atom. The molecule has 0 fully saturated rings. The van der Waals surface area contributed by atoms with E-state index in [2.05, 4.69) is 35.9 Å². The zero-order chi connectivity index (χ0) is 15.5. The van der Waals surface area contributed by atoms with Crippen molar-refractivity contribution in [2.45, 2.75) is 13.8 Å². The highest BCUT2D eigenvalue weighted by molar-refractivity contribution is 7.07. The zero-order valence-electron chi connectivity index (χ0n) is 12.9. The van der Waals surface area contributed by atoms with Crippen molar-refractivity contribution in [3.8, 4) is 11.4 Å². The summed E-state index contributed by atoms with van der Waals surface area (Å²) in [5.41, 5.74) is 4.31. The molecule has 0 radical (unpaired) electrons. The monoisotopic (exact) mass is 310 g/mol. The molecule has 0 unspecified atom stereocenters. The highest BCUT2D eigenvalue weighted by Gasteiger charge is 2.09. The first kappa shape index (κ1) is 14.6. The molecule has 0 aliphatic heterocycles. The molecule has 1 heterocycles. The van der Waals surface area contributed by atoms with Crippen LogP contribution in [0.5, 0.6) is 5.75 Å². The van der Waals surface area contributed by atoms with E-state index in [1.165, 1.54) is 5.56 Å². The van der Waals surface area contributed by atoms with E-state index in [1.807, 2.05) is 36.4 Å². The minimum atomic E-state index is 0.843. The molecule has 22 heavy (non-hydrogen) atoms. The maximum atomic E-state index is 5.50. The van der Waals surface area contributed by atoms with Gasteiger partial charge >= 0.3 is 0 Å². The van der Waals surface area contributed by atoms with Crippen LogP contribution in [0.4, 0.5) is 5.69 Å². The van der Waals surface area contributed by atoms with Crippen molar-refractivity contribution in [3.63, 3.8) is 0 Å². The first-order chi connectivity index (χ1) is 10.7. The summed E-state index contributed by atoms with van der Waals surface area (Å²) in [6, 6.07) is 16.2. The molecule has 0 amide bonds. The number of nitrogens with zero attached hydrogens (tertiary/aromatic N) is 2. The Balaban J connectivity index is 2.23. The summed E-state index contributed by atoms with van der Waals surface area (Å²) < 4.78 is 7.63. The Morgan fingerprint density at radius 2 is 1.73 bits per heavy atom. The summed E-state index contributed by atoms with van der Waals surface area (Å²) >= 11 is 1.63. The van der Waals surface area contributed by atoms with Crippen LogP contribution in [0.25, 0.3) is 5.69 Å². The lowest BCUT2D eigenvalue weighted by Crippen LogP contribution is -2.14. The fourth-order valence-electron chi connectivity index (χ4n) is 2.37. The van der Waals surface area contributed by atoms with Crippen molar-refractivity contribution in [1.29, 1.82) is 0 Å². The van der Waals surface area contributed by atoms with Crippen LogP contribution in [0.3, 0.4) is 0 Å². The lowest BCUT2D eigenvalue weighted by Gasteiger charge is -2.11. The van der Waals surface area contributed by atoms with Gasteiger partial charge in [0.05, 0.1) is 18.5 Å². The second-order valence-electron chi connectivity index (χ2n) is 5.07. The van der Waals surface area contributed by atoms with Gasteiger partial charge in [-0.3, -0.25) is 4.57 Å². The van der Waals surface area contributed by atoms with Crippen molar-refractivity contribution in [1.82, 2.24) is 4.57 Å². The number of aryl methyl sites for hydroxylation is 2. The Kier molecular flexibility index (Phi) is 4.11. The van der Waals surface area contributed by atoms with Gasteiger partial charge in [-0.2, -0.15) is 0 Å². The molecule has 4 heteroatoms. The van der Waals surface area contributed by atoms with Crippen molar-refractivity contribution in [2.24, 2.45) is 4.99 Å². The normalized spacial score (nSPS) is 11.7. The number of methoxy groups -OCH3 is 1. The highest BCUT2D eigenvalue weighted by Crippen LogP contribution is 2.23. The highest BCUT2D eigenvalue weighted by atomic mass is 32.1. The smallest absolute Gasteiger partial charge is 0.194 e. The summed E-state index contributed by atoms with van der Waals surface area (Å²) in [5, 5.41) is 2.11. The number of rotatable bonds is 3. The van der Waals surface area contributed by atoms with E-state index in [1.54, 1.807) is 18.4 Å². The number of benzene rings is 2. The summed E-state index contributed by atoms with van der Waals surface area (Å²) in [4.78, 5) is 5.78. The molecule has 0 aliphatic carbocycles. The molecule has 0 bridgehead atoms. The molecule has 0 saturated heterocycles. The SMILES string of the molecule is COc1ccccc1-n1c(C)csc1=Nc1ccccc1C. The molecule has 3 rings (SSSR count). The Bertz CT molecular complexity index is 861. The van der Waals surface area contributed by atoms with E-state index in [4.69, 9.17) is 9.73 Å². The van der Waals surface area contributed by atoms with E-state index in [-0.39, 0.29) is 0 Å². The van der Waals surface area contributed by atoms with Crippen molar-refractivity contribution in [3.05, 3.63) is 70.0 Å². The summed E-state index contributed by atoms with van der Waals surface area (Å²) in [5.74, 6) is 0.843. The minimum Gasteiger partial charge on any atom is -0.495 e. The van der Waals surface area contributed by atoms with Gasteiger partial charge in [-0.1, -0.05) is 30.3 Å². The van der Waals surface area contributed by atoms with Gasteiger partial charge < -0.3 is 4.74 Å². The van der Waals surface area contributed by atoms with Crippen molar-refractivity contribution < 1.29 is 4.74 Å². The van der Waals surface area contributed by atoms with E-state index < -0.39 is 0 Å². The van der Waals surface area contributed by atoms with Gasteiger partial charge in [0.1, 0.15) is 5.75 Å². The number of aromatic nitrogens is 1. The van der Waals surface area contributed by atoms with E-state index in [0.29, 0.717) is 0 Å². The molecule has 3 nitrogen and oxygen atoms in total. The third kappa shape index (κ3) is 2.70. The number of para-hydroxylation sites is 3. The standard InChI is InChI=1S/C18H18N2OS/c1-13-8-4-5-9-15(13)19-18-20(14(2)12-22-18)16-10-6-7-11-17(16)21-3/h4-12H,1-3H3. The van der Waals surface area contributed by atoms with E-state index in [0.717, 1.165) is 27.6 Å². The van der Waals surface area contributed by atoms with Crippen LogP contribution in [0.15, 0.2) is 58.9 Å². The molecule has 1 aromatic heterocycles. The van der Waals surface area contributed by atoms with Gasteiger partial charge in [-0.05, 0) is 37.6 Å². The average Bonchev–Trinajstić information content (AvgIpc) is 2.90. The average molecular weight is 310 g/mol. The molecule has 0 N–H and O–H groups in total. The third-order valence-electron chi connectivity index (χ3n) is 3.54. The van der Waals surface area contributed by atoms with Crippen LogP contribution in [-0.4, -0.2) is 11.7 Å². The van der Waals surface area contributed by atoms with E-state index >= 15 is 0 Å². The van der Waals surface area contributed by atoms with Crippen LogP contribution in [0.2, 0.25) is 0 Å².